The molecule has 0 fully saturated rings. The lowest BCUT2D eigenvalue weighted by atomic mass is 10.1. The summed E-state index contributed by atoms with van der Waals surface area (Å²) in [6, 6.07) is 16.1. The van der Waals surface area contributed by atoms with Crippen LogP contribution >= 0.6 is 24.0 Å². The van der Waals surface area contributed by atoms with Gasteiger partial charge in [-0.2, -0.15) is 0 Å². The Morgan fingerprint density at radius 3 is 2.29 bits per heavy atom. The fourth-order valence-electron chi connectivity index (χ4n) is 2.78. The molecule has 0 spiro atoms. The molecule has 28 heavy (non-hydrogen) atoms. The van der Waals surface area contributed by atoms with Crippen molar-refractivity contribution in [1.29, 1.82) is 0 Å². The number of methoxy groups -OCH3 is 3. The first-order valence-electron chi connectivity index (χ1n) is 8.95. The minimum atomic E-state index is -0.0319. The summed E-state index contributed by atoms with van der Waals surface area (Å²) in [5.41, 5.74) is 2.29. The summed E-state index contributed by atoms with van der Waals surface area (Å²) in [5.74, 6) is 2.22. The molecule has 1 unspecified atom stereocenters. The Balaban J connectivity index is 0.00000392. The lowest BCUT2D eigenvalue weighted by molar-refractivity contribution is 0.106. The van der Waals surface area contributed by atoms with Gasteiger partial charge < -0.3 is 24.8 Å². The number of halogens is 1. The predicted molar refractivity (Wildman–Crippen MR) is 124 cm³/mol. The number of nitrogens with zero attached hydrogens (tertiary/aromatic N) is 1. The monoisotopic (exact) mass is 499 g/mol. The number of nitrogens with one attached hydrogen (secondary N) is 2. The van der Waals surface area contributed by atoms with Gasteiger partial charge in [0.2, 0.25) is 0 Å². The van der Waals surface area contributed by atoms with Crippen molar-refractivity contribution in [2.45, 2.75) is 12.5 Å². The lowest BCUT2D eigenvalue weighted by Gasteiger charge is -2.19. The summed E-state index contributed by atoms with van der Waals surface area (Å²) in [6.07, 6.45) is 0.809. The Morgan fingerprint density at radius 2 is 1.68 bits per heavy atom. The van der Waals surface area contributed by atoms with Crippen molar-refractivity contribution in [2.24, 2.45) is 4.99 Å². The average Bonchev–Trinajstić information content (AvgIpc) is 2.73. The smallest absolute Gasteiger partial charge is 0.191 e. The zero-order chi connectivity index (χ0) is 19.5. The van der Waals surface area contributed by atoms with E-state index in [2.05, 4.69) is 27.8 Å². The van der Waals surface area contributed by atoms with Crippen molar-refractivity contribution in [2.75, 3.05) is 41.5 Å². The number of rotatable bonds is 9. The van der Waals surface area contributed by atoms with Gasteiger partial charge in [0.1, 0.15) is 0 Å². The molecule has 0 saturated carbocycles. The second-order valence-electron chi connectivity index (χ2n) is 5.95. The van der Waals surface area contributed by atoms with Crippen molar-refractivity contribution in [3.63, 3.8) is 0 Å². The Hall–Kier alpha value is -2.00. The first-order valence-corrected chi connectivity index (χ1v) is 8.95. The molecule has 0 heterocycles. The molecule has 0 radical (unpaired) electrons. The third-order valence-corrected chi connectivity index (χ3v) is 4.29. The Labute approximate surface area is 184 Å². The summed E-state index contributed by atoms with van der Waals surface area (Å²) in [4.78, 5) is 4.27. The summed E-state index contributed by atoms with van der Waals surface area (Å²) in [7, 11) is 6.75. The predicted octanol–water partition coefficient (Wildman–Crippen LogP) is 3.42. The van der Waals surface area contributed by atoms with E-state index in [1.54, 1.807) is 28.4 Å². The zero-order valence-corrected chi connectivity index (χ0v) is 19.2. The molecule has 0 amide bonds. The standard InChI is InChI=1S/C21H29N3O3.HI/c1-22-21(24-15-20(27-4)17-8-6-5-7-9-17)23-13-12-16-10-11-18(25-2)19(14-16)26-3;/h5-11,14,20H,12-13,15H2,1-4H3,(H2,22,23,24);1H. The van der Waals surface area contributed by atoms with E-state index >= 15 is 0 Å². The molecule has 0 aliphatic heterocycles. The molecular formula is C21H30IN3O3. The molecular weight excluding hydrogens is 469 g/mol. The Kier molecular flexibility index (Phi) is 11.4. The maximum Gasteiger partial charge on any atom is 0.191 e. The van der Waals surface area contributed by atoms with Crippen LogP contribution in [0.1, 0.15) is 17.2 Å². The van der Waals surface area contributed by atoms with E-state index in [9.17, 15) is 0 Å². The molecule has 7 heteroatoms. The molecule has 1 atom stereocenters. The minimum absolute atomic E-state index is 0. The van der Waals surface area contributed by atoms with Crippen LogP contribution in [-0.2, 0) is 11.2 Å². The summed E-state index contributed by atoms with van der Waals surface area (Å²) < 4.78 is 16.2. The van der Waals surface area contributed by atoms with Crippen LogP contribution in [0.25, 0.3) is 0 Å². The van der Waals surface area contributed by atoms with E-state index in [-0.39, 0.29) is 30.1 Å². The molecule has 0 saturated heterocycles. The largest absolute Gasteiger partial charge is 0.493 e. The first kappa shape index (κ1) is 24.0. The van der Waals surface area contributed by atoms with Crippen molar-refractivity contribution >= 4 is 29.9 Å². The van der Waals surface area contributed by atoms with Gasteiger partial charge in [-0.15, -0.1) is 24.0 Å². The highest BCUT2D eigenvalue weighted by atomic mass is 127. The molecule has 2 aromatic rings. The molecule has 0 aromatic heterocycles. The second-order valence-corrected chi connectivity index (χ2v) is 5.95. The highest BCUT2D eigenvalue weighted by Gasteiger charge is 2.11. The SMILES string of the molecule is CN=C(NCCc1ccc(OC)c(OC)c1)NCC(OC)c1ccccc1.I. The van der Waals surface area contributed by atoms with Gasteiger partial charge >= 0.3 is 0 Å². The maximum atomic E-state index is 5.58. The minimum Gasteiger partial charge on any atom is -0.493 e. The van der Waals surface area contributed by atoms with E-state index in [4.69, 9.17) is 14.2 Å². The van der Waals surface area contributed by atoms with Crippen LogP contribution in [0.5, 0.6) is 11.5 Å². The molecule has 0 bridgehead atoms. The van der Waals surface area contributed by atoms with Gasteiger partial charge in [0, 0.05) is 27.2 Å². The molecule has 2 rings (SSSR count). The van der Waals surface area contributed by atoms with Gasteiger partial charge in [-0.05, 0) is 29.7 Å². The molecule has 2 N–H and O–H groups in total. The van der Waals surface area contributed by atoms with E-state index in [1.165, 1.54) is 0 Å². The number of hydrogen-bond donors (Lipinski definition) is 2. The topological polar surface area (TPSA) is 64.1 Å². The van der Waals surface area contributed by atoms with Crippen LogP contribution < -0.4 is 20.1 Å². The van der Waals surface area contributed by atoms with Crippen LogP contribution in [0.4, 0.5) is 0 Å². The number of guanidine groups is 1. The van der Waals surface area contributed by atoms with E-state index in [1.807, 2.05) is 36.4 Å². The van der Waals surface area contributed by atoms with Gasteiger partial charge in [0.25, 0.3) is 0 Å². The van der Waals surface area contributed by atoms with Gasteiger partial charge in [-0.3, -0.25) is 4.99 Å². The summed E-state index contributed by atoms with van der Waals surface area (Å²) in [5, 5.41) is 6.64. The fourth-order valence-corrected chi connectivity index (χ4v) is 2.78. The van der Waals surface area contributed by atoms with Gasteiger partial charge in [-0.25, -0.2) is 0 Å². The normalized spacial score (nSPS) is 11.9. The van der Waals surface area contributed by atoms with E-state index < -0.39 is 0 Å². The average molecular weight is 499 g/mol. The lowest BCUT2D eigenvalue weighted by Crippen LogP contribution is -2.40. The number of aliphatic imine (C=N–C) groups is 1. The van der Waals surface area contributed by atoms with Crippen LogP contribution in [-0.4, -0.2) is 47.4 Å². The van der Waals surface area contributed by atoms with E-state index in [0.29, 0.717) is 6.54 Å². The van der Waals surface area contributed by atoms with Crippen molar-refractivity contribution < 1.29 is 14.2 Å². The van der Waals surface area contributed by atoms with Crippen LogP contribution in [0.15, 0.2) is 53.5 Å². The number of benzene rings is 2. The first-order chi connectivity index (χ1) is 13.2. The third kappa shape index (κ3) is 7.20. The Bertz CT molecular complexity index is 726. The third-order valence-electron chi connectivity index (χ3n) is 4.29. The molecule has 6 nitrogen and oxygen atoms in total. The van der Waals surface area contributed by atoms with Crippen molar-refractivity contribution in [3.05, 3.63) is 59.7 Å². The van der Waals surface area contributed by atoms with Gasteiger partial charge in [0.05, 0.1) is 20.3 Å². The second kappa shape index (κ2) is 13.2. The summed E-state index contributed by atoms with van der Waals surface area (Å²) >= 11 is 0. The maximum absolute atomic E-state index is 5.58. The fraction of sp³-hybridized carbons (Fsp3) is 0.381. The Morgan fingerprint density at radius 1 is 0.964 bits per heavy atom. The molecule has 0 aliphatic carbocycles. The van der Waals surface area contributed by atoms with Crippen molar-refractivity contribution in [1.82, 2.24) is 10.6 Å². The van der Waals surface area contributed by atoms with Crippen LogP contribution in [0.2, 0.25) is 0 Å². The molecule has 0 aliphatic rings. The van der Waals surface area contributed by atoms with Crippen LogP contribution in [0.3, 0.4) is 0 Å². The number of ether oxygens (including phenoxy) is 3. The molecule has 2 aromatic carbocycles. The zero-order valence-electron chi connectivity index (χ0n) is 16.9. The molecule has 154 valence electrons. The van der Waals surface area contributed by atoms with Crippen molar-refractivity contribution in [3.8, 4) is 11.5 Å². The highest BCUT2D eigenvalue weighted by molar-refractivity contribution is 14.0. The van der Waals surface area contributed by atoms with Gasteiger partial charge in [0.15, 0.2) is 17.5 Å². The summed E-state index contributed by atoms with van der Waals surface area (Å²) in [6.45, 7) is 1.38. The number of hydrogen-bond acceptors (Lipinski definition) is 4. The highest BCUT2D eigenvalue weighted by Crippen LogP contribution is 2.27. The van der Waals surface area contributed by atoms with Gasteiger partial charge in [-0.1, -0.05) is 36.4 Å². The van der Waals surface area contributed by atoms with Crippen LogP contribution in [0, 0.1) is 0 Å². The quantitative estimate of drug-likeness (QED) is 0.315. The van der Waals surface area contributed by atoms with E-state index in [0.717, 1.165) is 41.6 Å².